The topological polar surface area (TPSA) is 45.3 Å². The molecule has 0 radical (unpaired) electrons. The summed E-state index contributed by atoms with van der Waals surface area (Å²) in [6.07, 6.45) is 3.47. The van der Waals surface area contributed by atoms with Gasteiger partial charge in [0, 0.05) is 23.6 Å². The third kappa shape index (κ3) is 3.08. The summed E-state index contributed by atoms with van der Waals surface area (Å²) in [7, 11) is 2.07. The van der Waals surface area contributed by atoms with Crippen LogP contribution in [0, 0.1) is 5.82 Å². The number of aromatic amines is 1. The molecule has 0 spiro atoms. The summed E-state index contributed by atoms with van der Waals surface area (Å²) < 4.78 is 19.7. The van der Waals surface area contributed by atoms with E-state index in [1.807, 2.05) is 0 Å². The van der Waals surface area contributed by atoms with Crippen molar-refractivity contribution < 1.29 is 9.13 Å². The van der Waals surface area contributed by atoms with Crippen molar-refractivity contribution in [2.75, 3.05) is 20.2 Å². The van der Waals surface area contributed by atoms with Gasteiger partial charge in [0.2, 0.25) is 5.56 Å². The van der Waals surface area contributed by atoms with Crippen LogP contribution in [0.4, 0.5) is 4.39 Å². The first-order valence-electron chi connectivity index (χ1n) is 7.29. The van der Waals surface area contributed by atoms with Crippen LogP contribution in [0.25, 0.3) is 10.9 Å². The van der Waals surface area contributed by atoms with E-state index >= 15 is 0 Å². The van der Waals surface area contributed by atoms with Crippen molar-refractivity contribution in [1.29, 1.82) is 0 Å². The van der Waals surface area contributed by atoms with Gasteiger partial charge in [-0.1, -0.05) is 6.42 Å². The van der Waals surface area contributed by atoms with Crippen LogP contribution in [0.3, 0.4) is 0 Å². The Balaban J connectivity index is 1.79. The van der Waals surface area contributed by atoms with Gasteiger partial charge in [-0.05, 0) is 38.6 Å². The van der Waals surface area contributed by atoms with E-state index in [1.165, 1.54) is 25.0 Å². The minimum absolute atomic E-state index is 0.198. The van der Waals surface area contributed by atoms with Crippen LogP contribution in [0.15, 0.2) is 29.1 Å². The van der Waals surface area contributed by atoms with E-state index < -0.39 is 5.82 Å². The highest BCUT2D eigenvalue weighted by atomic mass is 19.1. The largest absolute Gasteiger partial charge is 0.489 e. The Hall–Kier alpha value is -1.88. The third-order valence-corrected chi connectivity index (χ3v) is 4.13. The highest BCUT2D eigenvalue weighted by molar-refractivity contribution is 5.79. The Bertz CT molecular complexity index is 698. The van der Waals surface area contributed by atoms with Crippen LogP contribution < -0.4 is 10.3 Å². The minimum Gasteiger partial charge on any atom is -0.489 e. The summed E-state index contributed by atoms with van der Waals surface area (Å²) in [6, 6.07) is 6.28. The van der Waals surface area contributed by atoms with Gasteiger partial charge < -0.3 is 14.6 Å². The van der Waals surface area contributed by atoms with E-state index in [-0.39, 0.29) is 11.3 Å². The van der Waals surface area contributed by atoms with E-state index in [0.29, 0.717) is 23.6 Å². The van der Waals surface area contributed by atoms with Crippen molar-refractivity contribution in [3.8, 4) is 5.75 Å². The average molecular weight is 290 g/mol. The zero-order valence-corrected chi connectivity index (χ0v) is 12.1. The highest BCUT2D eigenvalue weighted by Gasteiger charge is 2.20. The number of fused-ring (bicyclic) bond motifs is 1. The van der Waals surface area contributed by atoms with Gasteiger partial charge in [-0.2, -0.15) is 0 Å². The van der Waals surface area contributed by atoms with Gasteiger partial charge in [-0.15, -0.1) is 0 Å². The molecule has 1 unspecified atom stereocenters. The number of likely N-dealkylation sites (N-methyl/N-ethyl adjacent to an activating group) is 1. The van der Waals surface area contributed by atoms with E-state index in [1.54, 1.807) is 12.1 Å². The number of ether oxygens (including phenoxy) is 1. The predicted molar refractivity (Wildman–Crippen MR) is 80.3 cm³/mol. The zero-order chi connectivity index (χ0) is 14.8. The minimum atomic E-state index is -0.395. The SMILES string of the molecule is CN1CCCCC1COc1cc2[nH]c(=O)ccc2cc1F. The Morgan fingerprint density at radius 1 is 1.38 bits per heavy atom. The van der Waals surface area contributed by atoms with Crippen LogP contribution in [0.5, 0.6) is 5.75 Å². The monoisotopic (exact) mass is 290 g/mol. The number of H-pyrrole nitrogens is 1. The molecule has 5 heteroatoms. The Morgan fingerprint density at radius 2 is 2.24 bits per heavy atom. The number of piperidine rings is 1. The summed E-state index contributed by atoms with van der Waals surface area (Å²) in [5.41, 5.74) is 0.392. The van der Waals surface area contributed by atoms with Gasteiger partial charge in [-0.3, -0.25) is 4.79 Å². The Kier molecular flexibility index (Phi) is 3.92. The molecule has 4 nitrogen and oxygen atoms in total. The predicted octanol–water partition coefficient (Wildman–Crippen LogP) is 2.53. The summed E-state index contributed by atoms with van der Waals surface area (Å²) >= 11 is 0. The van der Waals surface area contributed by atoms with Gasteiger partial charge in [0.25, 0.3) is 0 Å². The standard InChI is InChI=1S/C16H19FN2O2/c1-19-7-3-2-4-12(19)10-21-15-9-14-11(8-13(15)17)5-6-16(20)18-14/h5-6,8-9,12H,2-4,7,10H2,1H3,(H,18,20). The van der Waals surface area contributed by atoms with Crippen LogP contribution in [-0.2, 0) is 0 Å². The van der Waals surface area contributed by atoms with E-state index in [0.717, 1.165) is 13.0 Å². The molecule has 0 aliphatic carbocycles. The van der Waals surface area contributed by atoms with Crippen LogP contribution in [0.1, 0.15) is 19.3 Å². The maximum atomic E-state index is 14.0. The Labute approximate surface area is 122 Å². The van der Waals surface area contributed by atoms with Gasteiger partial charge in [0.05, 0.1) is 5.52 Å². The molecule has 1 atom stereocenters. The molecule has 1 fully saturated rings. The molecular weight excluding hydrogens is 271 g/mol. The van der Waals surface area contributed by atoms with Crippen LogP contribution in [-0.4, -0.2) is 36.1 Å². The number of nitrogens with zero attached hydrogens (tertiary/aromatic N) is 1. The molecule has 1 aliphatic heterocycles. The molecular formula is C16H19FN2O2. The number of hydrogen-bond acceptors (Lipinski definition) is 3. The van der Waals surface area contributed by atoms with E-state index in [2.05, 4.69) is 16.9 Å². The molecule has 2 heterocycles. The molecule has 2 aromatic rings. The molecule has 1 aromatic heterocycles. The molecule has 0 saturated carbocycles. The lowest BCUT2D eigenvalue weighted by molar-refractivity contribution is 0.123. The fourth-order valence-electron chi connectivity index (χ4n) is 2.81. The molecule has 3 rings (SSSR count). The summed E-state index contributed by atoms with van der Waals surface area (Å²) in [5, 5.41) is 0.661. The molecule has 21 heavy (non-hydrogen) atoms. The number of likely N-dealkylation sites (tertiary alicyclic amines) is 1. The quantitative estimate of drug-likeness (QED) is 0.945. The maximum absolute atomic E-state index is 14.0. The Morgan fingerprint density at radius 3 is 3.05 bits per heavy atom. The zero-order valence-electron chi connectivity index (χ0n) is 12.1. The molecule has 1 aliphatic rings. The number of rotatable bonds is 3. The van der Waals surface area contributed by atoms with Gasteiger partial charge in [0.1, 0.15) is 6.61 Å². The van der Waals surface area contributed by atoms with Crippen LogP contribution >= 0.6 is 0 Å². The van der Waals surface area contributed by atoms with Gasteiger partial charge in [0.15, 0.2) is 11.6 Å². The lowest BCUT2D eigenvalue weighted by Gasteiger charge is -2.32. The van der Waals surface area contributed by atoms with Crippen molar-refractivity contribution in [1.82, 2.24) is 9.88 Å². The number of halogens is 1. The van der Waals surface area contributed by atoms with Crippen molar-refractivity contribution in [2.24, 2.45) is 0 Å². The van der Waals surface area contributed by atoms with Crippen molar-refractivity contribution in [3.05, 3.63) is 40.4 Å². The molecule has 0 amide bonds. The lowest BCUT2D eigenvalue weighted by Crippen LogP contribution is -2.40. The molecule has 112 valence electrons. The van der Waals surface area contributed by atoms with E-state index in [9.17, 15) is 9.18 Å². The highest BCUT2D eigenvalue weighted by Crippen LogP contribution is 2.24. The first kappa shape index (κ1) is 14.1. The summed E-state index contributed by atoms with van der Waals surface area (Å²) in [6.45, 7) is 1.53. The average Bonchev–Trinajstić information content (AvgIpc) is 2.47. The first-order chi connectivity index (χ1) is 10.1. The van der Waals surface area contributed by atoms with E-state index in [4.69, 9.17) is 4.74 Å². The molecule has 0 bridgehead atoms. The number of benzene rings is 1. The second-order valence-corrected chi connectivity index (χ2v) is 5.63. The van der Waals surface area contributed by atoms with Crippen molar-refractivity contribution in [2.45, 2.75) is 25.3 Å². The summed E-state index contributed by atoms with van der Waals surface area (Å²) in [5.74, 6) is -0.198. The van der Waals surface area contributed by atoms with Gasteiger partial charge >= 0.3 is 0 Å². The number of pyridine rings is 1. The third-order valence-electron chi connectivity index (χ3n) is 4.13. The van der Waals surface area contributed by atoms with Crippen LogP contribution in [0.2, 0.25) is 0 Å². The number of hydrogen-bond donors (Lipinski definition) is 1. The number of aromatic nitrogens is 1. The molecule has 1 N–H and O–H groups in total. The first-order valence-corrected chi connectivity index (χ1v) is 7.29. The number of nitrogens with one attached hydrogen (secondary N) is 1. The smallest absolute Gasteiger partial charge is 0.248 e. The summed E-state index contributed by atoms with van der Waals surface area (Å²) in [4.78, 5) is 16.3. The van der Waals surface area contributed by atoms with Crippen molar-refractivity contribution in [3.63, 3.8) is 0 Å². The fraction of sp³-hybridized carbons (Fsp3) is 0.438. The second kappa shape index (κ2) is 5.85. The fourth-order valence-corrected chi connectivity index (χ4v) is 2.81. The van der Waals surface area contributed by atoms with Crippen molar-refractivity contribution >= 4 is 10.9 Å². The van der Waals surface area contributed by atoms with Gasteiger partial charge in [-0.25, -0.2) is 4.39 Å². The lowest BCUT2D eigenvalue weighted by atomic mass is 10.0. The maximum Gasteiger partial charge on any atom is 0.248 e. The molecule has 1 aromatic carbocycles. The second-order valence-electron chi connectivity index (χ2n) is 5.63. The molecule has 1 saturated heterocycles. The normalized spacial score (nSPS) is 19.8.